The first-order valence-corrected chi connectivity index (χ1v) is 10.1. The van der Waals surface area contributed by atoms with Crippen LogP contribution in [-0.4, -0.2) is 74.2 Å². The van der Waals surface area contributed by atoms with Crippen LogP contribution in [0.4, 0.5) is 0 Å². The highest BCUT2D eigenvalue weighted by atomic mass is 16.5. The minimum absolute atomic E-state index is 0.0280. The summed E-state index contributed by atoms with van der Waals surface area (Å²) in [6, 6.07) is 9.92. The van der Waals surface area contributed by atoms with E-state index in [0.29, 0.717) is 13.2 Å². The van der Waals surface area contributed by atoms with Crippen LogP contribution in [0.1, 0.15) is 25.7 Å². The van der Waals surface area contributed by atoms with Crippen molar-refractivity contribution in [3.8, 4) is 17.6 Å². The molecule has 0 unspecified atom stereocenters. The van der Waals surface area contributed by atoms with Crippen LogP contribution in [0.15, 0.2) is 24.3 Å². The van der Waals surface area contributed by atoms with Crippen LogP contribution in [-0.2, 0) is 4.79 Å². The number of rotatable bonds is 8. The van der Waals surface area contributed by atoms with E-state index < -0.39 is 5.54 Å². The predicted octanol–water partition coefficient (Wildman–Crippen LogP) is 1.64. The highest BCUT2D eigenvalue weighted by molar-refractivity contribution is 5.79. The number of carbonyl (C=O) groups is 1. The number of amides is 1. The highest BCUT2D eigenvalue weighted by Gasteiger charge is 2.35. The first-order chi connectivity index (χ1) is 13.6. The van der Waals surface area contributed by atoms with E-state index in [1.165, 1.54) is 0 Å². The van der Waals surface area contributed by atoms with Crippen molar-refractivity contribution >= 4 is 5.91 Å². The molecule has 1 aliphatic carbocycles. The van der Waals surface area contributed by atoms with E-state index >= 15 is 0 Å². The number of benzene rings is 1. The molecule has 1 aliphatic heterocycles. The van der Waals surface area contributed by atoms with E-state index in [-0.39, 0.29) is 5.91 Å². The molecule has 0 radical (unpaired) electrons. The van der Waals surface area contributed by atoms with Crippen LogP contribution in [0.2, 0.25) is 0 Å². The van der Waals surface area contributed by atoms with Gasteiger partial charge in [-0.15, -0.1) is 0 Å². The minimum Gasteiger partial charge on any atom is -0.497 e. The Morgan fingerprint density at radius 2 is 1.71 bits per heavy atom. The second kappa shape index (κ2) is 9.76. The summed E-state index contributed by atoms with van der Waals surface area (Å²) in [5.74, 6) is 1.63. The van der Waals surface area contributed by atoms with Crippen molar-refractivity contribution in [2.75, 3.05) is 53.0 Å². The number of nitrogens with zero attached hydrogens (tertiary/aromatic N) is 3. The van der Waals surface area contributed by atoms with E-state index in [4.69, 9.17) is 9.47 Å². The Kier molecular flexibility index (Phi) is 7.12. The number of piperazine rings is 1. The van der Waals surface area contributed by atoms with Crippen LogP contribution in [0, 0.1) is 11.3 Å². The molecule has 2 aliphatic rings. The molecular weight excluding hydrogens is 356 g/mol. The summed E-state index contributed by atoms with van der Waals surface area (Å²) in [6.07, 6.45) is 3.59. The molecule has 7 nitrogen and oxygen atoms in total. The molecule has 1 aromatic carbocycles. The monoisotopic (exact) mass is 386 g/mol. The normalized spacial score (nSPS) is 19.7. The van der Waals surface area contributed by atoms with Gasteiger partial charge in [-0.3, -0.25) is 14.6 Å². The second-order valence-corrected chi connectivity index (χ2v) is 7.59. The van der Waals surface area contributed by atoms with Crippen molar-refractivity contribution in [3.05, 3.63) is 24.3 Å². The number of ether oxygens (including phenoxy) is 2. The van der Waals surface area contributed by atoms with Gasteiger partial charge >= 0.3 is 0 Å². The molecule has 1 saturated carbocycles. The second-order valence-electron chi connectivity index (χ2n) is 7.59. The lowest BCUT2D eigenvalue weighted by atomic mass is 10.00. The summed E-state index contributed by atoms with van der Waals surface area (Å²) in [7, 11) is 1.65. The Labute approximate surface area is 167 Å². The van der Waals surface area contributed by atoms with Gasteiger partial charge < -0.3 is 14.8 Å². The number of hydrogen-bond acceptors (Lipinski definition) is 6. The van der Waals surface area contributed by atoms with Crippen LogP contribution in [0.5, 0.6) is 11.5 Å². The zero-order valence-corrected chi connectivity index (χ0v) is 16.7. The van der Waals surface area contributed by atoms with Crippen LogP contribution in [0.3, 0.4) is 0 Å². The summed E-state index contributed by atoms with van der Waals surface area (Å²) in [5.41, 5.74) is -0.627. The highest BCUT2D eigenvalue weighted by Crippen LogP contribution is 2.28. The lowest BCUT2D eigenvalue weighted by Gasteiger charge is -2.34. The minimum atomic E-state index is -0.627. The Hall–Kier alpha value is -2.30. The van der Waals surface area contributed by atoms with Crippen LogP contribution < -0.4 is 14.8 Å². The lowest BCUT2D eigenvalue weighted by Crippen LogP contribution is -2.53. The molecule has 152 valence electrons. The van der Waals surface area contributed by atoms with Gasteiger partial charge in [0.05, 0.1) is 19.7 Å². The smallest absolute Gasteiger partial charge is 0.235 e. The van der Waals surface area contributed by atoms with Crippen LogP contribution >= 0.6 is 0 Å². The SMILES string of the molecule is COc1ccc(OCCN2CCN(CC(=O)NC3(C#N)CCCC3)CC2)cc1. The first-order valence-electron chi connectivity index (χ1n) is 10.1. The molecule has 0 bridgehead atoms. The molecule has 2 fully saturated rings. The van der Waals surface area contributed by atoms with E-state index in [2.05, 4.69) is 21.2 Å². The van der Waals surface area contributed by atoms with Gasteiger partial charge in [-0.05, 0) is 49.9 Å². The van der Waals surface area contributed by atoms with Crippen molar-refractivity contribution in [2.45, 2.75) is 31.2 Å². The summed E-state index contributed by atoms with van der Waals surface area (Å²) in [4.78, 5) is 16.9. The Balaban J connectivity index is 1.33. The number of nitrogens with one attached hydrogen (secondary N) is 1. The maximum absolute atomic E-state index is 12.3. The molecule has 1 N–H and O–H groups in total. The Morgan fingerprint density at radius 3 is 2.32 bits per heavy atom. The van der Waals surface area contributed by atoms with E-state index in [0.717, 1.165) is 69.9 Å². The largest absolute Gasteiger partial charge is 0.497 e. The van der Waals surface area contributed by atoms with Gasteiger partial charge in [0.2, 0.25) is 5.91 Å². The molecule has 0 atom stereocenters. The molecule has 1 aromatic rings. The van der Waals surface area contributed by atoms with E-state index in [9.17, 15) is 10.1 Å². The molecule has 0 aromatic heterocycles. The summed E-state index contributed by atoms with van der Waals surface area (Å²) in [5, 5.41) is 12.4. The average Bonchev–Trinajstić information content (AvgIpc) is 3.18. The van der Waals surface area contributed by atoms with E-state index in [1.54, 1.807) is 7.11 Å². The average molecular weight is 386 g/mol. The fourth-order valence-electron chi connectivity index (χ4n) is 3.89. The van der Waals surface area contributed by atoms with Crippen molar-refractivity contribution in [1.82, 2.24) is 15.1 Å². The third-order valence-electron chi connectivity index (χ3n) is 5.62. The van der Waals surface area contributed by atoms with Gasteiger partial charge in [0, 0.05) is 32.7 Å². The molecule has 7 heteroatoms. The summed E-state index contributed by atoms with van der Waals surface area (Å²) < 4.78 is 10.9. The number of carbonyl (C=O) groups excluding carboxylic acids is 1. The lowest BCUT2D eigenvalue weighted by molar-refractivity contribution is -0.124. The van der Waals surface area contributed by atoms with Gasteiger partial charge in [-0.1, -0.05) is 0 Å². The number of hydrogen-bond donors (Lipinski definition) is 1. The molecule has 1 amide bonds. The molecule has 1 heterocycles. The van der Waals surface area contributed by atoms with Crippen molar-refractivity contribution in [3.63, 3.8) is 0 Å². The molecule has 28 heavy (non-hydrogen) atoms. The first kappa shape index (κ1) is 20.4. The Bertz CT molecular complexity index is 672. The topological polar surface area (TPSA) is 77.8 Å². The maximum Gasteiger partial charge on any atom is 0.235 e. The van der Waals surface area contributed by atoms with Crippen molar-refractivity contribution in [1.29, 1.82) is 5.26 Å². The zero-order valence-electron chi connectivity index (χ0n) is 16.7. The van der Waals surface area contributed by atoms with Gasteiger partial charge in [-0.2, -0.15) is 5.26 Å². The van der Waals surface area contributed by atoms with Gasteiger partial charge in [-0.25, -0.2) is 0 Å². The predicted molar refractivity (Wildman–Crippen MR) is 106 cm³/mol. The molecular formula is C21H30N4O3. The van der Waals surface area contributed by atoms with Crippen molar-refractivity contribution in [2.24, 2.45) is 0 Å². The fourth-order valence-corrected chi connectivity index (χ4v) is 3.89. The maximum atomic E-state index is 12.3. The standard InChI is InChI=1S/C21H30N4O3/c1-27-18-4-6-19(7-5-18)28-15-14-24-10-12-25(13-11-24)16-20(26)23-21(17-22)8-2-3-9-21/h4-7H,2-3,8-16H2,1H3,(H,23,26). The third-order valence-corrected chi connectivity index (χ3v) is 5.62. The number of methoxy groups -OCH3 is 1. The Morgan fingerprint density at radius 1 is 1.11 bits per heavy atom. The summed E-state index contributed by atoms with van der Waals surface area (Å²) in [6.45, 7) is 5.43. The number of nitriles is 1. The third kappa shape index (κ3) is 5.60. The van der Waals surface area contributed by atoms with E-state index in [1.807, 2.05) is 24.3 Å². The van der Waals surface area contributed by atoms with Crippen molar-refractivity contribution < 1.29 is 14.3 Å². The van der Waals surface area contributed by atoms with Gasteiger partial charge in [0.15, 0.2) is 0 Å². The molecule has 3 rings (SSSR count). The quantitative estimate of drug-likeness (QED) is 0.732. The summed E-state index contributed by atoms with van der Waals surface area (Å²) >= 11 is 0. The molecule has 0 spiro atoms. The fraction of sp³-hybridized carbons (Fsp3) is 0.619. The zero-order chi connectivity index (χ0) is 19.8. The van der Waals surface area contributed by atoms with Gasteiger partial charge in [0.1, 0.15) is 23.6 Å². The van der Waals surface area contributed by atoms with Crippen LogP contribution in [0.25, 0.3) is 0 Å². The van der Waals surface area contributed by atoms with Gasteiger partial charge in [0.25, 0.3) is 0 Å². The molecule has 1 saturated heterocycles.